The van der Waals surface area contributed by atoms with E-state index < -0.39 is 61.1 Å². The summed E-state index contributed by atoms with van der Waals surface area (Å²) in [4.78, 5) is 0. The SMILES string of the molecule is CC[Si](CC)(CC)OC1(c2ccc(Cl)cc2)C=CC(O[Si](CC)(CC)CC)(c2ccc(C#CC#Cc3ccc(C4(O[Si](CC)(CC)CC)C=CC(O[Si](CC)(CC)CC)(c5ccc(-c6ccc(C(c7ccc(C(C)(C)C)cc7)(c7ccc(C(C)(C)C)cc7)c7ccc(C(C)(C)C)cc7)cc6)cc5)C=C4)cc3)cc2)C=C1. The molecule has 110 heavy (non-hydrogen) atoms. The normalized spacial score (nSPS) is 19.1. The monoisotopic (exact) mass is 1550 g/mol. The summed E-state index contributed by atoms with van der Waals surface area (Å²) >= 11 is 6.50. The Bertz CT molecular complexity index is 4420. The number of halogens is 1. The molecule has 0 aliphatic heterocycles. The molecule has 10 rings (SSSR count). The van der Waals surface area contributed by atoms with E-state index in [1.165, 1.54) is 38.9 Å². The molecule has 0 unspecified atom stereocenters. The van der Waals surface area contributed by atoms with Crippen LogP contribution in [0.5, 0.6) is 0 Å². The first-order valence-corrected chi connectivity index (χ1v) is 52.0. The molecule has 4 nitrogen and oxygen atoms in total. The zero-order valence-electron chi connectivity index (χ0n) is 70.6. The summed E-state index contributed by atoms with van der Waals surface area (Å²) in [6.45, 7) is 48.4. The summed E-state index contributed by atoms with van der Waals surface area (Å²) in [5, 5.41) is 0.709. The van der Waals surface area contributed by atoms with Gasteiger partial charge in [0.2, 0.25) is 0 Å². The van der Waals surface area contributed by atoms with E-state index in [2.05, 4.69) is 400 Å². The lowest BCUT2D eigenvalue weighted by molar-refractivity contribution is 0.121. The summed E-state index contributed by atoms with van der Waals surface area (Å²) in [6, 6.07) is 84.8. The van der Waals surface area contributed by atoms with Crippen molar-refractivity contribution in [2.75, 3.05) is 0 Å². The Morgan fingerprint density at radius 3 is 0.645 bits per heavy atom. The first kappa shape index (κ1) is 85.3. The lowest BCUT2D eigenvalue weighted by atomic mass is 9.64. The summed E-state index contributed by atoms with van der Waals surface area (Å²) in [6.07, 6.45) is 18.5. The number of rotatable bonds is 29. The highest BCUT2D eigenvalue weighted by molar-refractivity contribution is 6.75. The Kier molecular flexibility index (Phi) is 26.9. The topological polar surface area (TPSA) is 36.9 Å². The maximum atomic E-state index is 7.84. The van der Waals surface area contributed by atoms with Gasteiger partial charge in [0.15, 0.2) is 33.3 Å². The van der Waals surface area contributed by atoms with Crippen LogP contribution in [0, 0.1) is 23.7 Å². The molecule has 9 heteroatoms. The second-order valence-electron chi connectivity index (χ2n) is 34.4. The molecule has 0 amide bonds. The van der Waals surface area contributed by atoms with Crippen molar-refractivity contribution in [3.63, 3.8) is 0 Å². The molecule has 0 spiro atoms. The van der Waals surface area contributed by atoms with E-state index in [1.54, 1.807) is 0 Å². The molecule has 0 radical (unpaired) electrons. The Morgan fingerprint density at radius 1 is 0.255 bits per heavy atom. The zero-order valence-corrected chi connectivity index (χ0v) is 75.3. The number of hydrogen-bond acceptors (Lipinski definition) is 4. The maximum Gasteiger partial charge on any atom is 0.194 e. The van der Waals surface area contributed by atoms with Gasteiger partial charge in [0.25, 0.3) is 0 Å². The van der Waals surface area contributed by atoms with Crippen molar-refractivity contribution < 1.29 is 17.7 Å². The molecule has 578 valence electrons. The molecular formula is C101H127ClO4Si4. The van der Waals surface area contributed by atoms with Crippen LogP contribution in [0.1, 0.15) is 218 Å². The van der Waals surface area contributed by atoms with Crippen molar-refractivity contribution >= 4 is 44.9 Å². The van der Waals surface area contributed by atoms with Crippen molar-refractivity contribution in [2.24, 2.45) is 0 Å². The third kappa shape index (κ3) is 17.8. The Balaban J connectivity index is 0.967. The Morgan fingerprint density at radius 2 is 0.436 bits per heavy atom. The highest BCUT2D eigenvalue weighted by Crippen LogP contribution is 2.51. The van der Waals surface area contributed by atoms with Gasteiger partial charge in [0.1, 0.15) is 22.4 Å². The van der Waals surface area contributed by atoms with Gasteiger partial charge in [-0.05, 0) is 258 Å². The Hall–Kier alpha value is -7.16. The number of benzene rings is 8. The fourth-order valence-electron chi connectivity index (χ4n) is 16.8. The van der Waals surface area contributed by atoms with E-state index in [1.807, 2.05) is 12.1 Å². The molecule has 0 fully saturated rings. The molecular weight excluding hydrogens is 1420 g/mol. The Labute approximate surface area is 674 Å². The van der Waals surface area contributed by atoms with Crippen LogP contribution in [-0.4, -0.2) is 33.3 Å². The van der Waals surface area contributed by atoms with Gasteiger partial charge in [-0.25, -0.2) is 0 Å². The van der Waals surface area contributed by atoms with Crippen molar-refractivity contribution in [3.8, 4) is 34.8 Å². The van der Waals surface area contributed by atoms with E-state index in [0.29, 0.717) is 5.02 Å². The van der Waals surface area contributed by atoms with Gasteiger partial charge in [-0.15, -0.1) is 0 Å². The van der Waals surface area contributed by atoms with E-state index in [-0.39, 0.29) is 16.2 Å². The van der Waals surface area contributed by atoms with Crippen LogP contribution in [0.4, 0.5) is 0 Å². The van der Waals surface area contributed by atoms with Gasteiger partial charge in [-0.1, -0.05) is 327 Å². The first-order valence-electron chi connectivity index (χ1n) is 41.5. The molecule has 0 N–H and O–H groups in total. The van der Waals surface area contributed by atoms with E-state index >= 15 is 0 Å². The minimum Gasteiger partial charge on any atom is -0.401 e. The van der Waals surface area contributed by atoms with Crippen molar-refractivity contribution in [1.82, 2.24) is 0 Å². The van der Waals surface area contributed by atoms with Gasteiger partial charge in [0.05, 0.1) is 5.41 Å². The van der Waals surface area contributed by atoms with Crippen LogP contribution >= 0.6 is 11.6 Å². The third-order valence-electron chi connectivity index (χ3n) is 25.6. The highest BCUT2D eigenvalue weighted by atomic mass is 35.5. The van der Waals surface area contributed by atoms with Crippen LogP contribution in [0.25, 0.3) is 11.1 Å². The summed E-state index contributed by atoms with van der Waals surface area (Å²) in [7, 11) is -8.75. The van der Waals surface area contributed by atoms with Crippen LogP contribution in [0.2, 0.25) is 77.6 Å². The van der Waals surface area contributed by atoms with Crippen LogP contribution in [0.3, 0.4) is 0 Å². The molecule has 0 saturated carbocycles. The summed E-state index contributed by atoms with van der Waals surface area (Å²) in [5.41, 5.74) is 13.6. The lowest BCUT2D eigenvalue weighted by Gasteiger charge is -2.46. The molecule has 0 heterocycles. The minimum absolute atomic E-state index is 0.0110. The summed E-state index contributed by atoms with van der Waals surface area (Å²) < 4.78 is 30.7. The maximum absolute atomic E-state index is 7.84. The average molecular weight is 1550 g/mol. The largest absolute Gasteiger partial charge is 0.401 e. The van der Waals surface area contributed by atoms with E-state index in [0.717, 1.165) is 117 Å². The highest BCUT2D eigenvalue weighted by Gasteiger charge is 2.49. The molecule has 8 aromatic rings. The van der Waals surface area contributed by atoms with Crippen molar-refractivity contribution in [2.45, 2.75) is 262 Å². The van der Waals surface area contributed by atoms with Gasteiger partial charge >= 0.3 is 0 Å². The van der Waals surface area contributed by atoms with E-state index in [9.17, 15) is 0 Å². The second-order valence-corrected chi connectivity index (χ2v) is 53.6. The summed E-state index contributed by atoms with van der Waals surface area (Å²) in [5.74, 6) is 13.2. The van der Waals surface area contributed by atoms with Gasteiger partial charge in [-0.3, -0.25) is 0 Å². The van der Waals surface area contributed by atoms with Crippen molar-refractivity contribution in [1.29, 1.82) is 0 Å². The average Bonchev–Trinajstić information content (AvgIpc) is 0.735. The molecule has 0 bridgehead atoms. The van der Waals surface area contributed by atoms with Gasteiger partial charge in [-0.2, -0.15) is 0 Å². The lowest BCUT2D eigenvalue weighted by Crippen LogP contribution is -2.48. The predicted octanol–water partition coefficient (Wildman–Crippen LogP) is 28.2. The molecule has 8 aromatic carbocycles. The fourth-order valence-corrected chi connectivity index (χ4v) is 28.6. The molecule has 0 atom stereocenters. The molecule has 2 aliphatic rings. The number of hydrogen-bond donors (Lipinski definition) is 0. The molecule has 2 aliphatic carbocycles. The smallest absolute Gasteiger partial charge is 0.194 e. The van der Waals surface area contributed by atoms with Crippen LogP contribution < -0.4 is 0 Å². The van der Waals surface area contributed by atoms with Crippen LogP contribution in [-0.2, 0) is 61.8 Å². The standard InChI is InChI=1S/C101H127ClO4Si4/c1-22-107(23-2,24-3)103-97(85-46-38-78(39-47-85)36-34-35-37-79-40-48-86(49-41-79)98(104-108(25-4,26-5)27-6)72-76-100(77-73-98,88-66-68-93(102)69-67-88)106-110(31-10,32-11)33-12)70-74-99(75-71-97,105-109(28-7,29-8)30-9)87-50-42-80(43-51-87)81-44-52-89(53-45-81)101(90-60-54-82(55-61-90)94(13,14)15,91-62-56-83(57-63-91)95(16,17)18)92-64-58-84(59-65-92)96(19,20)21/h38-77H,22-33H2,1-21H3. The van der Waals surface area contributed by atoms with Gasteiger partial charge in [0, 0.05) is 16.1 Å². The van der Waals surface area contributed by atoms with Crippen LogP contribution in [0.15, 0.2) is 243 Å². The molecule has 0 saturated heterocycles. The predicted molar refractivity (Wildman–Crippen MR) is 481 cm³/mol. The van der Waals surface area contributed by atoms with E-state index in [4.69, 9.17) is 29.3 Å². The minimum atomic E-state index is -2.25. The zero-order chi connectivity index (χ0) is 79.7. The van der Waals surface area contributed by atoms with Crippen molar-refractivity contribution in [3.05, 3.63) is 320 Å². The first-order chi connectivity index (χ1) is 52.4. The third-order valence-corrected chi connectivity index (χ3v) is 44.4. The quantitative estimate of drug-likeness (QED) is 0.0203. The molecule has 0 aromatic heterocycles. The fraction of sp³-hybridized carbons (Fsp3) is 0.406. The van der Waals surface area contributed by atoms with Gasteiger partial charge < -0.3 is 17.7 Å². The second kappa shape index (κ2) is 34.7.